The smallest absolute Gasteiger partial charge is 0.0632 e. The van der Waals surface area contributed by atoms with Crippen molar-refractivity contribution in [1.82, 2.24) is 9.13 Å². The summed E-state index contributed by atoms with van der Waals surface area (Å²) in [6.07, 6.45) is 3.40. The van der Waals surface area contributed by atoms with Crippen molar-refractivity contribution in [3.05, 3.63) is 229 Å². The first-order chi connectivity index (χ1) is 28.8. The highest BCUT2D eigenvalue weighted by molar-refractivity contribution is 6.13. The van der Waals surface area contributed by atoms with E-state index in [-0.39, 0.29) is 6.04 Å². The number of aromatic nitrogens is 2. The zero-order chi connectivity index (χ0) is 38.2. The summed E-state index contributed by atoms with van der Waals surface area (Å²) in [7, 11) is 0. The maximum absolute atomic E-state index is 2.60. The van der Waals surface area contributed by atoms with Gasteiger partial charge in [-0.1, -0.05) is 170 Å². The molecule has 0 saturated carbocycles. The van der Waals surface area contributed by atoms with Crippen molar-refractivity contribution in [2.75, 3.05) is 0 Å². The van der Waals surface area contributed by atoms with Crippen molar-refractivity contribution in [2.24, 2.45) is 0 Å². The molecule has 2 nitrogen and oxygen atoms in total. The van der Waals surface area contributed by atoms with E-state index < -0.39 is 0 Å². The van der Waals surface area contributed by atoms with Gasteiger partial charge in [-0.25, -0.2) is 0 Å². The van der Waals surface area contributed by atoms with E-state index in [1.54, 1.807) is 0 Å². The van der Waals surface area contributed by atoms with Gasteiger partial charge in [-0.2, -0.15) is 0 Å². The highest BCUT2D eigenvalue weighted by Gasteiger charge is 2.28. The number of para-hydroxylation sites is 2. The van der Waals surface area contributed by atoms with Gasteiger partial charge in [0.05, 0.1) is 22.8 Å². The zero-order valence-electron chi connectivity index (χ0n) is 31.9. The molecular formula is C56H38N2. The fourth-order valence-corrected chi connectivity index (χ4v) is 9.90. The summed E-state index contributed by atoms with van der Waals surface area (Å²) >= 11 is 0. The molecule has 0 saturated heterocycles. The fraction of sp³-hybridized carbons (Fsp3) is 0.0357. The van der Waals surface area contributed by atoms with Crippen LogP contribution in [0.1, 0.15) is 29.2 Å². The number of hydrogen-bond acceptors (Lipinski definition) is 0. The van der Waals surface area contributed by atoms with Crippen molar-refractivity contribution in [3.8, 4) is 27.9 Å². The molecule has 272 valence electrons. The Morgan fingerprint density at radius 2 is 0.862 bits per heavy atom. The van der Waals surface area contributed by atoms with E-state index in [1.807, 2.05) is 0 Å². The molecular weight excluding hydrogens is 701 g/mol. The molecule has 1 aliphatic carbocycles. The maximum Gasteiger partial charge on any atom is 0.0632 e. The molecule has 58 heavy (non-hydrogen) atoms. The molecule has 0 fully saturated rings. The third-order valence-electron chi connectivity index (χ3n) is 12.5. The van der Waals surface area contributed by atoms with Crippen molar-refractivity contribution >= 4 is 60.0 Å². The van der Waals surface area contributed by atoms with Crippen LogP contribution in [0.25, 0.3) is 87.9 Å². The predicted octanol–water partition coefficient (Wildman–Crippen LogP) is 14.8. The van der Waals surface area contributed by atoms with Crippen molar-refractivity contribution in [1.29, 1.82) is 0 Å². The number of benzene rings is 9. The van der Waals surface area contributed by atoms with Crippen LogP contribution < -0.4 is 0 Å². The summed E-state index contributed by atoms with van der Waals surface area (Å²) in [5, 5.41) is 7.63. The second-order valence-corrected chi connectivity index (χ2v) is 15.6. The first-order valence-corrected chi connectivity index (χ1v) is 20.3. The lowest BCUT2D eigenvalue weighted by molar-refractivity contribution is 0.623. The number of allylic oxidation sites excluding steroid dienone is 1. The van der Waals surface area contributed by atoms with E-state index in [1.165, 1.54) is 105 Å². The molecule has 0 aliphatic heterocycles. The van der Waals surface area contributed by atoms with Crippen LogP contribution in [0.3, 0.4) is 0 Å². The molecule has 0 bridgehead atoms. The first-order valence-electron chi connectivity index (χ1n) is 20.3. The minimum absolute atomic E-state index is 0.161. The van der Waals surface area contributed by atoms with Gasteiger partial charge < -0.3 is 9.13 Å². The molecule has 0 N–H and O–H groups in total. The molecule has 1 atom stereocenters. The summed E-state index contributed by atoms with van der Waals surface area (Å²) in [4.78, 5) is 0. The summed E-state index contributed by atoms with van der Waals surface area (Å²) in [5.41, 5.74) is 16.4. The third-order valence-corrected chi connectivity index (χ3v) is 12.5. The van der Waals surface area contributed by atoms with E-state index in [0.29, 0.717) is 0 Å². The van der Waals surface area contributed by atoms with E-state index in [0.717, 1.165) is 6.42 Å². The Morgan fingerprint density at radius 3 is 1.59 bits per heavy atom. The van der Waals surface area contributed by atoms with Crippen molar-refractivity contribution in [3.63, 3.8) is 0 Å². The molecule has 0 spiro atoms. The lowest BCUT2D eigenvalue weighted by Gasteiger charge is -2.29. The lowest BCUT2D eigenvalue weighted by atomic mass is 9.82. The molecule has 1 aliphatic rings. The largest absolute Gasteiger partial charge is 0.332 e. The standard InChI is InChI=1S/C56H38N2/c1-3-15-37(16-4-1)39-27-31-55-49(35-39)47-23-11-13-25-51(47)57(55)53-33-29-43(41-19-7-9-21-45(41)53)44-30-34-54(46-22-10-8-20-42(44)46)58-52-26-14-12-24-48(52)50-36-40(28-32-56(50)58)38-17-5-2-6-18-38/h1-33,35-36,54H,34H2. The fourth-order valence-electron chi connectivity index (χ4n) is 9.90. The molecule has 12 rings (SSSR count). The Balaban J connectivity index is 1.01. The van der Waals surface area contributed by atoms with Crippen molar-refractivity contribution < 1.29 is 0 Å². The highest BCUT2D eigenvalue weighted by atomic mass is 15.0. The zero-order valence-corrected chi connectivity index (χ0v) is 31.9. The number of hydrogen-bond donors (Lipinski definition) is 0. The van der Waals surface area contributed by atoms with E-state index in [2.05, 4.69) is 221 Å². The van der Waals surface area contributed by atoms with Gasteiger partial charge in [-0.05, 0) is 98.8 Å². The Kier molecular flexibility index (Phi) is 7.39. The van der Waals surface area contributed by atoms with Gasteiger partial charge in [0.1, 0.15) is 0 Å². The first kappa shape index (κ1) is 32.8. The summed E-state index contributed by atoms with van der Waals surface area (Å²) in [5.74, 6) is 0. The van der Waals surface area contributed by atoms with Crippen LogP contribution in [0.2, 0.25) is 0 Å². The van der Waals surface area contributed by atoms with E-state index in [9.17, 15) is 0 Å². The normalized spacial score (nSPS) is 14.1. The third kappa shape index (κ3) is 4.98. The van der Waals surface area contributed by atoms with Gasteiger partial charge in [-0.15, -0.1) is 0 Å². The second-order valence-electron chi connectivity index (χ2n) is 15.6. The number of nitrogens with zero attached hydrogens (tertiary/aromatic N) is 2. The molecule has 0 radical (unpaired) electrons. The molecule has 11 aromatic rings. The average molecular weight is 739 g/mol. The topological polar surface area (TPSA) is 9.86 Å². The van der Waals surface area contributed by atoms with Gasteiger partial charge in [0.15, 0.2) is 0 Å². The maximum atomic E-state index is 2.60. The Morgan fingerprint density at radius 1 is 0.345 bits per heavy atom. The Labute approximate surface area is 337 Å². The van der Waals surface area contributed by atoms with Crippen LogP contribution in [0.15, 0.2) is 212 Å². The Hall–Kier alpha value is -7.42. The summed E-state index contributed by atoms with van der Waals surface area (Å²) in [6.45, 7) is 0. The number of fused-ring (bicyclic) bond motifs is 8. The summed E-state index contributed by atoms with van der Waals surface area (Å²) < 4.78 is 5.06. The van der Waals surface area contributed by atoms with Crippen LogP contribution in [-0.4, -0.2) is 9.13 Å². The predicted molar refractivity (Wildman–Crippen MR) is 245 cm³/mol. The molecule has 9 aromatic carbocycles. The number of rotatable bonds is 5. The van der Waals surface area contributed by atoms with E-state index in [4.69, 9.17) is 0 Å². The minimum atomic E-state index is 0.161. The molecule has 1 unspecified atom stereocenters. The van der Waals surface area contributed by atoms with Crippen LogP contribution in [0.4, 0.5) is 0 Å². The SMILES string of the molecule is C1=C(c2ccc(-n3c4ccccc4c4cc(-c5ccccc5)ccc43)c3ccccc23)c2ccccc2C(n2c3ccccc3c3cc(-c4ccccc4)ccc32)C1. The molecule has 2 heteroatoms. The monoisotopic (exact) mass is 738 g/mol. The quantitative estimate of drug-likeness (QED) is 0.166. The Bertz CT molecular complexity index is 3420. The van der Waals surface area contributed by atoms with Gasteiger partial charge >= 0.3 is 0 Å². The average Bonchev–Trinajstić information content (AvgIpc) is 3.81. The van der Waals surface area contributed by atoms with Gasteiger partial charge in [-0.3, -0.25) is 0 Å². The molecule has 2 aromatic heterocycles. The molecule has 2 heterocycles. The van der Waals surface area contributed by atoms with Crippen LogP contribution in [0.5, 0.6) is 0 Å². The second kappa shape index (κ2) is 13.1. The lowest BCUT2D eigenvalue weighted by Crippen LogP contribution is -2.15. The van der Waals surface area contributed by atoms with E-state index >= 15 is 0 Å². The van der Waals surface area contributed by atoms with Crippen molar-refractivity contribution in [2.45, 2.75) is 12.5 Å². The highest BCUT2D eigenvalue weighted by Crippen LogP contribution is 2.46. The van der Waals surface area contributed by atoms with Crippen LogP contribution >= 0.6 is 0 Å². The van der Waals surface area contributed by atoms with Gasteiger partial charge in [0.25, 0.3) is 0 Å². The minimum Gasteiger partial charge on any atom is -0.332 e. The van der Waals surface area contributed by atoms with Gasteiger partial charge in [0.2, 0.25) is 0 Å². The molecule has 0 amide bonds. The van der Waals surface area contributed by atoms with Gasteiger partial charge in [0, 0.05) is 38.0 Å². The summed E-state index contributed by atoms with van der Waals surface area (Å²) in [6, 6.07) is 76.1. The van der Waals surface area contributed by atoms with Crippen LogP contribution in [0, 0.1) is 0 Å². The van der Waals surface area contributed by atoms with Crippen LogP contribution in [-0.2, 0) is 0 Å².